The number of hydrogen-bond acceptors (Lipinski definition) is 6. The Bertz CT molecular complexity index is 1470. The lowest BCUT2D eigenvalue weighted by molar-refractivity contribution is 0.223. The molecule has 3 aromatic carbocycles. The van der Waals surface area contributed by atoms with Crippen molar-refractivity contribution in [1.82, 2.24) is 14.8 Å². The molecule has 0 bridgehead atoms. The zero-order valence-corrected chi connectivity index (χ0v) is 21.2. The highest BCUT2D eigenvalue weighted by atomic mass is 79.9. The minimum absolute atomic E-state index is 0.287. The molecule has 6 rings (SSSR count). The van der Waals surface area contributed by atoms with Crippen molar-refractivity contribution in [1.29, 1.82) is 0 Å². The molecule has 3 heterocycles. The fourth-order valence-corrected chi connectivity index (χ4v) is 5.40. The molecule has 4 aromatic rings. The molecule has 0 fully saturated rings. The summed E-state index contributed by atoms with van der Waals surface area (Å²) >= 11 is 10.0. The molecule has 0 radical (unpaired) electrons. The van der Waals surface area contributed by atoms with Crippen LogP contribution in [-0.4, -0.2) is 29.0 Å². The van der Waals surface area contributed by atoms with Gasteiger partial charge in [0.05, 0.1) is 24.4 Å². The van der Waals surface area contributed by atoms with Crippen molar-refractivity contribution in [2.24, 2.45) is 0 Å². The number of methoxy groups -OCH3 is 2. The van der Waals surface area contributed by atoms with Gasteiger partial charge >= 0.3 is 0 Å². The van der Waals surface area contributed by atoms with Crippen LogP contribution in [0.15, 0.2) is 77.0 Å². The van der Waals surface area contributed by atoms with E-state index in [2.05, 4.69) is 31.3 Å². The van der Waals surface area contributed by atoms with Crippen LogP contribution in [0.2, 0.25) is 5.02 Å². The second-order valence-corrected chi connectivity index (χ2v) is 9.48. The van der Waals surface area contributed by atoms with E-state index in [0.717, 1.165) is 49.7 Å². The molecule has 1 N–H and O–H groups in total. The van der Waals surface area contributed by atoms with E-state index in [0.29, 0.717) is 11.0 Å². The van der Waals surface area contributed by atoms with E-state index in [1.54, 1.807) is 20.5 Å². The summed E-state index contributed by atoms with van der Waals surface area (Å²) in [5.74, 6) is 2.91. The summed E-state index contributed by atoms with van der Waals surface area (Å²) in [4.78, 5) is 4.48. The van der Waals surface area contributed by atoms with Gasteiger partial charge in [-0.1, -0.05) is 29.8 Å². The van der Waals surface area contributed by atoms with Gasteiger partial charge in [0.2, 0.25) is 5.95 Å². The SMILES string of the molecule is COc1ccc([C@H]2Oc3ccc(Cl)cc3C3=C2[C@H](c2ccc(OC)c(Br)c2)n2ncnc2N3)cc1. The van der Waals surface area contributed by atoms with Gasteiger partial charge in [0, 0.05) is 16.2 Å². The number of nitrogens with one attached hydrogen (secondary N) is 1. The molecule has 176 valence electrons. The third-order valence-corrected chi connectivity index (χ3v) is 7.14. The Labute approximate surface area is 215 Å². The summed E-state index contributed by atoms with van der Waals surface area (Å²) in [6.45, 7) is 0. The van der Waals surface area contributed by atoms with Gasteiger partial charge in [0.25, 0.3) is 0 Å². The van der Waals surface area contributed by atoms with Crippen LogP contribution >= 0.6 is 27.5 Å². The first-order valence-corrected chi connectivity index (χ1v) is 12.1. The van der Waals surface area contributed by atoms with Crippen molar-refractivity contribution in [3.63, 3.8) is 0 Å². The van der Waals surface area contributed by atoms with Crippen LogP contribution in [0, 0.1) is 0 Å². The Hall–Kier alpha value is -3.49. The molecular weight excluding hydrogens is 532 g/mol. The zero-order chi connectivity index (χ0) is 24.1. The molecule has 2 atom stereocenters. The molecule has 2 aliphatic heterocycles. The average molecular weight is 552 g/mol. The minimum atomic E-state index is -0.389. The smallest absolute Gasteiger partial charge is 0.226 e. The molecule has 35 heavy (non-hydrogen) atoms. The first-order chi connectivity index (χ1) is 17.1. The van der Waals surface area contributed by atoms with Crippen LogP contribution in [0.4, 0.5) is 5.95 Å². The Morgan fingerprint density at radius 1 is 1.00 bits per heavy atom. The molecule has 0 aliphatic carbocycles. The summed E-state index contributed by atoms with van der Waals surface area (Å²) in [6.07, 6.45) is 1.16. The molecule has 0 saturated carbocycles. The quantitative estimate of drug-likeness (QED) is 0.322. The number of ether oxygens (including phenoxy) is 3. The first-order valence-electron chi connectivity index (χ1n) is 10.9. The van der Waals surface area contributed by atoms with Crippen molar-refractivity contribution in [3.05, 3.63) is 98.7 Å². The molecular formula is C26H20BrClN4O3. The van der Waals surface area contributed by atoms with Gasteiger partial charge in [0.1, 0.15) is 35.7 Å². The van der Waals surface area contributed by atoms with Gasteiger partial charge in [0.15, 0.2) is 0 Å². The Morgan fingerprint density at radius 2 is 1.80 bits per heavy atom. The normalized spacial score (nSPS) is 18.1. The first kappa shape index (κ1) is 22.0. The largest absolute Gasteiger partial charge is 0.497 e. The maximum Gasteiger partial charge on any atom is 0.226 e. The van der Waals surface area contributed by atoms with E-state index < -0.39 is 0 Å². The van der Waals surface area contributed by atoms with E-state index >= 15 is 0 Å². The molecule has 0 unspecified atom stereocenters. The van der Waals surface area contributed by atoms with Crippen molar-refractivity contribution in [3.8, 4) is 17.2 Å². The Balaban J connectivity index is 1.60. The number of anilines is 1. The van der Waals surface area contributed by atoms with Crippen molar-refractivity contribution in [2.45, 2.75) is 12.1 Å². The van der Waals surface area contributed by atoms with Crippen molar-refractivity contribution < 1.29 is 14.2 Å². The summed E-state index contributed by atoms with van der Waals surface area (Å²) in [7, 11) is 3.30. The number of rotatable bonds is 4. The number of aromatic nitrogens is 3. The lowest BCUT2D eigenvalue weighted by Gasteiger charge is -2.39. The highest BCUT2D eigenvalue weighted by Gasteiger charge is 2.41. The standard InChI is InChI=1S/C26H20BrClN4O3/c1-33-17-7-3-14(4-8-17)25-22-23(18-12-16(28)6-10-20(18)35-25)31-26-29-13-30-32(26)24(22)15-5-9-21(34-2)19(27)11-15/h3-13,24-25H,1-2H3,(H,29,30,31)/t24-,25+/m0/s1. The molecule has 0 spiro atoms. The van der Waals surface area contributed by atoms with Gasteiger partial charge in [-0.25, -0.2) is 4.68 Å². The predicted octanol–water partition coefficient (Wildman–Crippen LogP) is 6.27. The van der Waals surface area contributed by atoms with Gasteiger partial charge in [-0.2, -0.15) is 10.1 Å². The summed E-state index contributed by atoms with van der Waals surface area (Å²) in [6, 6.07) is 19.3. The highest BCUT2D eigenvalue weighted by Crippen LogP contribution is 2.51. The third kappa shape index (κ3) is 3.64. The molecule has 2 aliphatic rings. The van der Waals surface area contributed by atoms with Crippen molar-refractivity contribution in [2.75, 3.05) is 19.5 Å². The number of fused-ring (bicyclic) bond motifs is 3. The van der Waals surface area contributed by atoms with Crippen LogP contribution in [-0.2, 0) is 0 Å². The fourth-order valence-electron chi connectivity index (χ4n) is 4.67. The minimum Gasteiger partial charge on any atom is -0.497 e. The predicted molar refractivity (Wildman–Crippen MR) is 137 cm³/mol. The van der Waals surface area contributed by atoms with E-state index in [1.807, 2.05) is 65.3 Å². The molecule has 9 heteroatoms. The maximum absolute atomic E-state index is 6.64. The molecule has 1 aromatic heterocycles. The van der Waals surface area contributed by atoms with Crippen LogP contribution in [0.5, 0.6) is 17.2 Å². The van der Waals surface area contributed by atoms with Gasteiger partial charge in [-0.15, -0.1) is 0 Å². The Kier molecular flexibility index (Phi) is 5.42. The van der Waals surface area contributed by atoms with Crippen molar-refractivity contribution >= 4 is 39.2 Å². The lowest BCUT2D eigenvalue weighted by Crippen LogP contribution is -2.32. The van der Waals surface area contributed by atoms with Gasteiger partial charge in [-0.05, 0) is 69.5 Å². The van der Waals surface area contributed by atoms with Crippen LogP contribution < -0.4 is 19.5 Å². The van der Waals surface area contributed by atoms with Crippen LogP contribution in [0.3, 0.4) is 0 Å². The van der Waals surface area contributed by atoms with E-state index in [4.69, 9.17) is 25.8 Å². The van der Waals surface area contributed by atoms with Gasteiger partial charge in [-0.3, -0.25) is 0 Å². The lowest BCUT2D eigenvalue weighted by atomic mass is 9.84. The van der Waals surface area contributed by atoms with E-state index in [-0.39, 0.29) is 12.1 Å². The average Bonchev–Trinajstić information content (AvgIpc) is 3.35. The van der Waals surface area contributed by atoms with E-state index in [9.17, 15) is 0 Å². The van der Waals surface area contributed by atoms with Crippen LogP contribution in [0.1, 0.15) is 28.8 Å². The monoisotopic (exact) mass is 550 g/mol. The topological polar surface area (TPSA) is 70.4 Å². The zero-order valence-electron chi connectivity index (χ0n) is 18.8. The third-order valence-electron chi connectivity index (χ3n) is 6.29. The van der Waals surface area contributed by atoms with Crippen LogP contribution in [0.25, 0.3) is 5.70 Å². The number of halogens is 2. The van der Waals surface area contributed by atoms with E-state index in [1.165, 1.54) is 0 Å². The summed E-state index contributed by atoms with van der Waals surface area (Å²) in [5.41, 5.74) is 4.78. The fraction of sp³-hybridized carbons (Fsp3) is 0.154. The maximum atomic E-state index is 6.64. The second kappa shape index (κ2) is 8.62. The van der Waals surface area contributed by atoms with Gasteiger partial charge < -0.3 is 19.5 Å². The Morgan fingerprint density at radius 3 is 2.54 bits per heavy atom. The number of hydrogen-bond donors (Lipinski definition) is 1. The second-order valence-electron chi connectivity index (χ2n) is 8.19. The summed E-state index contributed by atoms with van der Waals surface area (Å²) in [5, 5.41) is 8.68. The molecule has 0 amide bonds. The number of nitrogens with zero attached hydrogens (tertiary/aromatic N) is 3. The summed E-state index contributed by atoms with van der Waals surface area (Å²) < 4.78 is 20.2. The molecule has 7 nitrogen and oxygen atoms in total. The highest BCUT2D eigenvalue weighted by molar-refractivity contribution is 9.10. The molecule has 0 saturated heterocycles. The number of benzene rings is 3.